The number of piperazine rings is 1. The number of rotatable bonds is 5. The fraction of sp³-hybridized carbons (Fsp3) is 0.364. The average molecular weight is 406 g/mol. The van der Waals surface area contributed by atoms with Crippen LogP contribution in [0, 0.1) is 13.8 Å². The van der Waals surface area contributed by atoms with E-state index in [1.165, 1.54) is 4.68 Å². The summed E-state index contributed by atoms with van der Waals surface area (Å²) in [5, 5.41) is 11.8. The molecule has 156 valence electrons. The first-order valence-corrected chi connectivity index (χ1v) is 10.1. The smallest absolute Gasteiger partial charge is 0.278 e. The molecule has 0 aliphatic carbocycles. The molecule has 4 rings (SSSR count). The van der Waals surface area contributed by atoms with Crippen LogP contribution < -0.4 is 10.9 Å². The van der Waals surface area contributed by atoms with Crippen LogP contribution in [0.5, 0.6) is 0 Å². The van der Waals surface area contributed by atoms with Crippen LogP contribution in [0.1, 0.15) is 11.1 Å². The lowest BCUT2D eigenvalue weighted by Crippen LogP contribution is -2.49. The molecule has 1 amide bonds. The molecule has 0 saturated carbocycles. The number of para-hydroxylation sites is 1. The number of aryl methyl sites for hydroxylation is 2. The lowest BCUT2D eigenvalue weighted by atomic mass is 10.1. The number of hydrogen-bond donors (Lipinski definition) is 1. The van der Waals surface area contributed by atoms with Gasteiger partial charge in [-0.05, 0) is 37.1 Å². The molecule has 1 saturated heterocycles. The highest BCUT2D eigenvalue weighted by Gasteiger charge is 2.20. The number of nitrogens with one attached hydrogen (secondary N) is 1. The Morgan fingerprint density at radius 1 is 0.967 bits per heavy atom. The molecule has 1 aromatic heterocycles. The van der Waals surface area contributed by atoms with Crippen LogP contribution in [0.25, 0.3) is 10.9 Å². The molecule has 0 radical (unpaired) electrons. The number of aromatic nitrogens is 3. The van der Waals surface area contributed by atoms with E-state index in [2.05, 4.69) is 25.4 Å². The third-order valence-corrected chi connectivity index (χ3v) is 5.54. The van der Waals surface area contributed by atoms with Gasteiger partial charge in [0.1, 0.15) is 5.52 Å². The van der Waals surface area contributed by atoms with Crippen molar-refractivity contribution < 1.29 is 4.79 Å². The summed E-state index contributed by atoms with van der Waals surface area (Å²) in [7, 11) is 0. The maximum atomic E-state index is 12.6. The maximum Gasteiger partial charge on any atom is 0.278 e. The number of fused-ring (bicyclic) bond motifs is 1. The van der Waals surface area contributed by atoms with Gasteiger partial charge in [-0.1, -0.05) is 35.5 Å². The highest BCUT2D eigenvalue weighted by molar-refractivity contribution is 5.93. The summed E-state index contributed by atoms with van der Waals surface area (Å²) in [6, 6.07) is 13.2. The van der Waals surface area contributed by atoms with E-state index in [0.29, 0.717) is 24.1 Å². The first kappa shape index (κ1) is 20.2. The lowest BCUT2D eigenvalue weighted by molar-refractivity contribution is -0.117. The van der Waals surface area contributed by atoms with Crippen molar-refractivity contribution in [1.29, 1.82) is 0 Å². The average Bonchev–Trinajstić information content (AvgIpc) is 2.74. The van der Waals surface area contributed by atoms with Gasteiger partial charge in [-0.3, -0.25) is 19.4 Å². The molecule has 0 unspecified atom stereocenters. The molecular weight excluding hydrogens is 380 g/mol. The van der Waals surface area contributed by atoms with Gasteiger partial charge in [0.25, 0.3) is 5.56 Å². The summed E-state index contributed by atoms with van der Waals surface area (Å²) in [5.41, 5.74) is 3.51. The number of nitrogens with zero attached hydrogens (tertiary/aromatic N) is 5. The van der Waals surface area contributed by atoms with Crippen molar-refractivity contribution >= 4 is 22.5 Å². The molecule has 30 heavy (non-hydrogen) atoms. The van der Waals surface area contributed by atoms with E-state index in [1.807, 2.05) is 44.2 Å². The van der Waals surface area contributed by atoms with Crippen LogP contribution in [0.15, 0.2) is 47.3 Å². The van der Waals surface area contributed by atoms with Crippen molar-refractivity contribution in [2.75, 3.05) is 38.0 Å². The zero-order chi connectivity index (χ0) is 21.1. The van der Waals surface area contributed by atoms with Crippen LogP contribution in [-0.4, -0.2) is 63.4 Å². The molecule has 0 bridgehead atoms. The van der Waals surface area contributed by atoms with Crippen LogP contribution in [-0.2, 0) is 11.5 Å². The Kier molecular flexibility index (Phi) is 5.87. The lowest BCUT2D eigenvalue weighted by Gasteiger charge is -2.34. The Bertz CT molecular complexity index is 1100. The largest absolute Gasteiger partial charge is 0.324 e. The highest BCUT2D eigenvalue weighted by atomic mass is 16.2. The minimum Gasteiger partial charge on any atom is -0.324 e. The fourth-order valence-electron chi connectivity index (χ4n) is 3.79. The van der Waals surface area contributed by atoms with Crippen molar-refractivity contribution in [3.63, 3.8) is 0 Å². The molecule has 1 aliphatic rings. The Balaban J connectivity index is 1.32. The van der Waals surface area contributed by atoms with Gasteiger partial charge in [0, 0.05) is 31.9 Å². The van der Waals surface area contributed by atoms with E-state index in [4.69, 9.17) is 0 Å². The number of hydrogen-bond acceptors (Lipinski definition) is 6. The van der Waals surface area contributed by atoms with Crippen LogP contribution in [0.3, 0.4) is 0 Å². The van der Waals surface area contributed by atoms with Gasteiger partial charge in [0.2, 0.25) is 5.91 Å². The summed E-state index contributed by atoms with van der Waals surface area (Å²) >= 11 is 0. The zero-order valence-electron chi connectivity index (χ0n) is 17.3. The van der Waals surface area contributed by atoms with Gasteiger partial charge < -0.3 is 5.32 Å². The second-order valence-electron chi connectivity index (χ2n) is 7.76. The van der Waals surface area contributed by atoms with E-state index in [1.54, 1.807) is 12.1 Å². The molecule has 8 nitrogen and oxygen atoms in total. The predicted molar refractivity (Wildman–Crippen MR) is 116 cm³/mol. The van der Waals surface area contributed by atoms with E-state index in [0.717, 1.165) is 43.0 Å². The van der Waals surface area contributed by atoms with E-state index in [-0.39, 0.29) is 11.5 Å². The maximum absolute atomic E-state index is 12.6. The standard InChI is InChI=1S/C22H26N6O2/c1-16-6-5-7-17(2)21(16)23-20(29)14-26-10-12-27(13-11-26)15-28-22(30)18-8-3-4-9-19(18)24-25-28/h3-9H,10-15H2,1-2H3,(H,23,29). The summed E-state index contributed by atoms with van der Waals surface area (Å²) < 4.78 is 1.41. The van der Waals surface area contributed by atoms with Gasteiger partial charge in [-0.25, -0.2) is 0 Å². The third-order valence-electron chi connectivity index (χ3n) is 5.54. The van der Waals surface area contributed by atoms with E-state index in [9.17, 15) is 9.59 Å². The molecule has 2 heterocycles. The molecule has 0 spiro atoms. The Hall–Kier alpha value is -3.10. The molecule has 8 heteroatoms. The molecule has 0 atom stereocenters. The number of anilines is 1. The van der Waals surface area contributed by atoms with Crippen molar-refractivity contribution in [3.05, 3.63) is 63.9 Å². The minimum atomic E-state index is -0.129. The van der Waals surface area contributed by atoms with Crippen molar-refractivity contribution in [1.82, 2.24) is 24.8 Å². The van der Waals surface area contributed by atoms with Gasteiger partial charge >= 0.3 is 0 Å². The minimum absolute atomic E-state index is 0.00235. The monoisotopic (exact) mass is 406 g/mol. The Labute approximate surface area is 175 Å². The highest BCUT2D eigenvalue weighted by Crippen LogP contribution is 2.19. The topological polar surface area (TPSA) is 83.4 Å². The van der Waals surface area contributed by atoms with Crippen molar-refractivity contribution in [2.45, 2.75) is 20.5 Å². The normalized spacial score (nSPS) is 15.4. The van der Waals surface area contributed by atoms with Crippen molar-refractivity contribution in [3.8, 4) is 0 Å². The molecular formula is C22H26N6O2. The second kappa shape index (κ2) is 8.73. The Morgan fingerprint density at radius 3 is 2.37 bits per heavy atom. The SMILES string of the molecule is Cc1cccc(C)c1NC(=O)CN1CCN(Cn2nnc3ccccc3c2=O)CC1. The third kappa shape index (κ3) is 4.39. The van der Waals surface area contributed by atoms with Gasteiger partial charge in [0.15, 0.2) is 0 Å². The predicted octanol–water partition coefficient (Wildman–Crippen LogP) is 1.62. The second-order valence-corrected chi connectivity index (χ2v) is 7.76. The van der Waals surface area contributed by atoms with Gasteiger partial charge in [0.05, 0.1) is 18.6 Å². The first-order valence-electron chi connectivity index (χ1n) is 10.1. The van der Waals surface area contributed by atoms with Gasteiger partial charge in [-0.2, -0.15) is 4.68 Å². The molecule has 1 N–H and O–H groups in total. The van der Waals surface area contributed by atoms with E-state index < -0.39 is 0 Å². The van der Waals surface area contributed by atoms with Crippen LogP contribution in [0.4, 0.5) is 5.69 Å². The van der Waals surface area contributed by atoms with Gasteiger partial charge in [-0.15, -0.1) is 5.10 Å². The molecule has 1 aliphatic heterocycles. The Morgan fingerprint density at radius 2 is 1.63 bits per heavy atom. The number of benzene rings is 2. The summed E-state index contributed by atoms with van der Waals surface area (Å²) in [6.45, 7) is 7.80. The number of carbonyl (C=O) groups excluding carboxylic acids is 1. The first-order chi connectivity index (χ1) is 14.5. The van der Waals surface area contributed by atoms with Crippen molar-refractivity contribution in [2.24, 2.45) is 0 Å². The van der Waals surface area contributed by atoms with Crippen LogP contribution >= 0.6 is 0 Å². The molecule has 2 aromatic carbocycles. The van der Waals surface area contributed by atoms with Crippen LogP contribution in [0.2, 0.25) is 0 Å². The van der Waals surface area contributed by atoms with E-state index >= 15 is 0 Å². The molecule has 3 aromatic rings. The quantitative estimate of drug-likeness (QED) is 0.693. The summed E-state index contributed by atoms with van der Waals surface area (Å²) in [5.74, 6) is -0.00235. The number of amides is 1. The summed E-state index contributed by atoms with van der Waals surface area (Å²) in [6.07, 6.45) is 0. The zero-order valence-corrected chi connectivity index (χ0v) is 17.3. The summed E-state index contributed by atoms with van der Waals surface area (Å²) in [4.78, 5) is 29.4. The molecule has 1 fully saturated rings. The number of carbonyl (C=O) groups is 1. The fourth-order valence-corrected chi connectivity index (χ4v) is 3.79.